The minimum Gasteiger partial charge on any atom is -0.481 e. The van der Waals surface area contributed by atoms with E-state index in [2.05, 4.69) is 11.4 Å². The Morgan fingerprint density at radius 1 is 1.12 bits per heavy atom. The molecule has 1 aliphatic carbocycles. The molecule has 0 bridgehead atoms. The third-order valence-electron chi connectivity index (χ3n) is 5.35. The summed E-state index contributed by atoms with van der Waals surface area (Å²) in [6, 6.07) is 17.1. The summed E-state index contributed by atoms with van der Waals surface area (Å²) in [7, 11) is 0. The van der Waals surface area contributed by atoms with Crippen LogP contribution in [0.5, 0.6) is 0 Å². The molecule has 2 unspecified atom stereocenters. The lowest BCUT2D eigenvalue weighted by Gasteiger charge is -2.29. The first-order valence-corrected chi connectivity index (χ1v) is 8.73. The van der Waals surface area contributed by atoms with Gasteiger partial charge in [0.2, 0.25) is 5.91 Å². The average molecular weight is 337 g/mol. The van der Waals surface area contributed by atoms with Crippen molar-refractivity contribution in [3.05, 3.63) is 71.3 Å². The number of fused-ring (bicyclic) bond motifs is 1. The number of aryl methyl sites for hydroxylation is 1. The molecule has 0 aromatic heterocycles. The molecule has 0 spiro atoms. The Hall–Kier alpha value is -2.62. The molecule has 0 saturated carbocycles. The normalized spacial score (nSPS) is 18.2. The Labute approximate surface area is 147 Å². The Kier molecular flexibility index (Phi) is 4.88. The van der Waals surface area contributed by atoms with Crippen molar-refractivity contribution in [3.63, 3.8) is 0 Å². The number of nitrogens with one attached hydrogen (secondary N) is 1. The molecule has 2 N–H and O–H groups in total. The number of carbonyl (C=O) groups is 2. The summed E-state index contributed by atoms with van der Waals surface area (Å²) >= 11 is 0. The highest BCUT2D eigenvalue weighted by Gasteiger charge is 2.40. The topological polar surface area (TPSA) is 66.4 Å². The fourth-order valence-corrected chi connectivity index (χ4v) is 3.73. The smallest absolute Gasteiger partial charge is 0.315 e. The van der Waals surface area contributed by atoms with Gasteiger partial charge in [0, 0.05) is 6.54 Å². The SMILES string of the molecule is CCC(CNC(=O)C1CCc2ccccc21)(C(=O)O)c1ccccc1. The van der Waals surface area contributed by atoms with Gasteiger partial charge in [-0.3, -0.25) is 9.59 Å². The maximum Gasteiger partial charge on any atom is 0.315 e. The molecule has 2 aromatic carbocycles. The van der Waals surface area contributed by atoms with Crippen LogP contribution in [0.25, 0.3) is 0 Å². The number of carboxylic acids is 1. The first-order chi connectivity index (χ1) is 12.1. The van der Waals surface area contributed by atoms with Crippen LogP contribution < -0.4 is 5.32 Å². The van der Waals surface area contributed by atoms with E-state index in [-0.39, 0.29) is 18.4 Å². The van der Waals surface area contributed by atoms with E-state index in [0.29, 0.717) is 6.42 Å². The Bertz CT molecular complexity index is 772. The molecule has 4 heteroatoms. The molecule has 4 nitrogen and oxygen atoms in total. The zero-order valence-electron chi connectivity index (χ0n) is 14.4. The summed E-state index contributed by atoms with van der Waals surface area (Å²) in [6.45, 7) is 1.94. The van der Waals surface area contributed by atoms with Gasteiger partial charge in [-0.15, -0.1) is 0 Å². The number of hydrogen-bond donors (Lipinski definition) is 2. The van der Waals surface area contributed by atoms with Crippen LogP contribution in [-0.2, 0) is 21.4 Å². The molecule has 0 radical (unpaired) electrons. The molecule has 1 aliphatic rings. The number of amides is 1. The number of aliphatic carboxylic acids is 1. The molecule has 130 valence electrons. The second-order valence-corrected chi connectivity index (χ2v) is 6.61. The molecule has 0 saturated heterocycles. The average Bonchev–Trinajstić information content (AvgIpc) is 3.07. The van der Waals surface area contributed by atoms with E-state index in [9.17, 15) is 14.7 Å². The fraction of sp³-hybridized carbons (Fsp3) is 0.333. The fourth-order valence-electron chi connectivity index (χ4n) is 3.73. The molecule has 0 fully saturated rings. The number of rotatable bonds is 6. The highest BCUT2D eigenvalue weighted by atomic mass is 16.4. The van der Waals surface area contributed by atoms with E-state index in [1.807, 2.05) is 55.5 Å². The van der Waals surface area contributed by atoms with Crippen LogP contribution in [0.3, 0.4) is 0 Å². The Balaban J connectivity index is 1.78. The minimum absolute atomic E-state index is 0.0834. The van der Waals surface area contributed by atoms with E-state index in [1.54, 1.807) is 0 Å². The zero-order chi connectivity index (χ0) is 17.9. The summed E-state index contributed by atoms with van der Waals surface area (Å²) in [4.78, 5) is 24.8. The van der Waals surface area contributed by atoms with Crippen LogP contribution in [0.1, 0.15) is 42.4 Å². The molecular weight excluding hydrogens is 314 g/mol. The van der Waals surface area contributed by atoms with Gasteiger partial charge < -0.3 is 10.4 Å². The molecule has 25 heavy (non-hydrogen) atoms. The third kappa shape index (κ3) is 3.16. The maximum absolute atomic E-state index is 12.7. The second-order valence-electron chi connectivity index (χ2n) is 6.61. The van der Waals surface area contributed by atoms with E-state index in [0.717, 1.165) is 24.0 Å². The predicted molar refractivity (Wildman–Crippen MR) is 96.6 cm³/mol. The van der Waals surface area contributed by atoms with Crippen molar-refractivity contribution in [1.29, 1.82) is 0 Å². The summed E-state index contributed by atoms with van der Waals surface area (Å²) in [6.07, 6.45) is 2.08. The first-order valence-electron chi connectivity index (χ1n) is 8.73. The van der Waals surface area contributed by atoms with Crippen LogP contribution in [0.2, 0.25) is 0 Å². The minimum atomic E-state index is -1.10. The predicted octanol–water partition coefficient (Wildman–Crippen LogP) is 3.27. The number of carboxylic acid groups (broad SMARTS) is 1. The third-order valence-corrected chi connectivity index (χ3v) is 5.35. The van der Waals surface area contributed by atoms with E-state index < -0.39 is 11.4 Å². The van der Waals surface area contributed by atoms with E-state index in [4.69, 9.17) is 0 Å². The Morgan fingerprint density at radius 3 is 2.48 bits per heavy atom. The number of hydrogen-bond acceptors (Lipinski definition) is 2. The summed E-state index contributed by atoms with van der Waals surface area (Å²) in [5.41, 5.74) is 1.90. The van der Waals surface area contributed by atoms with Crippen LogP contribution >= 0.6 is 0 Å². The monoisotopic (exact) mass is 337 g/mol. The summed E-state index contributed by atoms with van der Waals surface area (Å²) in [5.74, 6) is -1.18. The lowest BCUT2D eigenvalue weighted by molar-refractivity contribution is -0.144. The van der Waals surface area contributed by atoms with Crippen LogP contribution in [-0.4, -0.2) is 23.5 Å². The molecule has 2 aromatic rings. The standard InChI is InChI=1S/C21H23NO3/c1-2-21(20(24)25,16-9-4-3-5-10-16)14-22-19(23)18-13-12-15-8-6-7-11-17(15)18/h3-11,18H,2,12-14H2,1H3,(H,22,23)(H,24,25). The van der Waals surface area contributed by atoms with Gasteiger partial charge in [0.15, 0.2) is 0 Å². The van der Waals surface area contributed by atoms with Gasteiger partial charge in [0.05, 0.1) is 5.92 Å². The first kappa shape index (κ1) is 17.2. The molecule has 2 atom stereocenters. The molecule has 1 amide bonds. The maximum atomic E-state index is 12.7. The molecular formula is C21H23NO3. The van der Waals surface area contributed by atoms with Crippen molar-refractivity contribution < 1.29 is 14.7 Å². The van der Waals surface area contributed by atoms with Gasteiger partial charge in [-0.05, 0) is 36.0 Å². The Morgan fingerprint density at radius 2 is 1.80 bits per heavy atom. The van der Waals surface area contributed by atoms with Crippen molar-refractivity contribution in [2.45, 2.75) is 37.5 Å². The number of carbonyl (C=O) groups excluding carboxylic acids is 1. The largest absolute Gasteiger partial charge is 0.481 e. The highest BCUT2D eigenvalue weighted by molar-refractivity contribution is 5.87. The summed E-state index contributed by atoms with van der Waals surface area (Å²) in [5, 5.41) is 12.8. The lowest BCUT2D eigenvalue weighted by atomic mass is 9.78. The van der Waals surface area contributed by atoms with Crippen molar-refractivity contribution in [2.75, 3.05) is 6.54 Å². The molecule has 0 aliphatic heterocycles. The van der Waals surface area contributed by atoms with Gasteiger partial charge in [0.1, 0.15) is 5.41 Å². The van der Waals surface area contributed by atoms with Crippen LogP contribution in [0.15, 0.2) is 54.6 Å². The second kappa shape index (κ2) is 7.09. The van der Waals surface area contributed by atoms with Gasteiger partial charge in [0.25, 0.3) is 0 Å². The van der Waals surface area contributed by atoms with Gasteiger partial charge in [-0.2, -0.15) is 0 Å². The lowest BCUT2D eigenvalue weighted by Crippen LogP contribution is -2.47. The zero-order valence-corrected chi connectivity index (χ0v) is 14.4. The van der Waals surface area contributed by atoms with Gasteiger partial charge in [-0.25, -0.2) is 0 Å². The molecule has 0 heterocycles. The highest BCUT2D eigenvalue weighted by Crippen LogP contribution is 2.33. The van der Waals surface area contributed by atoms with E-state index >= 15 is 0 Å². The van der Waals surface area contributed by atoms with Gasteiger partial charge in [-0.1, -0.05) is 61.5 Å². The quantitative estimate of drug-likeness (QED) is 0.850. The summed E-state index contributed by atoms with van der Waals surface area (Å²) < 4.78 is 0. The molecule has 3 rings (SSSR count). The van der Waals surface area contributed by atoms with Crippen molar-refractivity contribution >= 4 is 11.9 Å². The van der Waals surface area contributed by atoms with E-state index in [1.165, 1.54) is 5.56 Å². The number of benzene rings is 2. The van der Waals surface area contributed by atoms with Crippen LogP contribution in [0.4, 0.5) is 0 Å². The van der Waals surface area contributed by atoms with Crippen LogP contribution in [0, 0.1) is 0 Å². The van der Waals surface area contributed by atoms with Crippen molar-refractivity contribution in [3.8, 4) is 0 Å². The van der Waals surface area contributed by atoms with Crippen molar-refractivity contribution in [2.24, 2.45) is 0 Å². The van der Waals surface area contributed by atoms with Crippen molar-refractivity contribution in [1.82, 2.24) is 5.32 Å². The van der Waals surface area contributed by atoms with Gasteiger partial charge >= 0.3 is 5.97 Å².